The van der Waals surface area contributed by atoms with E-state index in [0.717, 1.165) is 0 Å². The smallest absolute Gasteiger partial charge is 0.444 e. The molecule has 0 aliphatic carbocycles. The number of benzene rings is 1. The SMILES string of the molecule is CC(C)(C)OC(=O)N[C@@H]1CC[C@@H](C(=O)NCc2ccc(OC(F)(F)F)cc2)OC1. The van der Waals surface area contributed by atoms with Crippen LogP contribution in [0.4, 0.5) is 18.0 Å². The van der Waals surface area contributed by atoms with Crippen molar-refractivity contribution >= 4 is 12.0 Å². The summed E-state index contributed by atoms with van der Waals surface area (Å²) in [6.07, 6.45) is -4.96. The van der Waals surface area contributed by atoms with E-state index in [1.807, 2.05) is 0 Å². The zero-order chi connectivity index (χ0) is 21.7. The van der Waals surface area contributed by atoms with Gasteiger partial charge in [0.2, 0.25) is 5.91 Å². The van der Waals surface area contributed by atoms with Gasteiger partial charge in [0, 0.05) is 6.54 Å². The van der Waals surface area contributed by atoms with Gasteiger partial charge in [-0.3, -0.25) is 4.79 Å². The average Bonchev–Trinajstić information content (AvgIpc) is 2.58. The molecule has 2 amide bonds. The number of hydrogen-bond donors (Lipinski definition) is 2. The van der Waals surface area contributed by atoms with Gasteiger partial charge >= 0.3 is 12.5 Å². The van der Waals surface area contributed by atoms with Crippen LogP contribution in [0.2, 0.25) is 0 Å². The van der Waals surface area contributed by atoms with Gasteiger partial charge in [-0.25, -0.2) is 4.79 Å². The van der Waals surface area contributed by atoms with Crippen LogP contribution in [0.5, 0.6) is 5.75 Å². The minimum atomic E-state index is -4.75. The van der Waals surface area contributed by atoms with Crippen LogP contribution in [0.15, 0.2) is 24.3 Å². The summed E-state index contributed by atoms with van der Waals surface area (Å²) in [6.45, 7) is 5.62. The maximum atomic E-state index is 12.2. The second-order valence-corrected chi connectivity index (χ2v) is 7.65. The third kappa shape index (κ3) is 8.59. The van der Waals surface area contributed by atoms with Gasteiger partial charge in [-0.2, -0.15) is 0 Å². The Bertz CT molecular complexity index is 693. The first-order valence-electron chi connectivity index (χ1n) is 9.15. The molecule has 1 aromatic carbocycles. The average molecular weight is 418 g/mol. The summed E-state index contributed by atoms with van der Waals surface area (Å²) in [7, 11) is 0. The van der Waals surface area contributed by atoms with E-state index in [-0.39, 0.29) is 30.9 Å². The van der Waals surface area contributed by atoms with E-state index in [1.54, 1.807) is 20.8 Å². The number of amides is 2. The summed E-state index contributed by atoms with van der Waals surface area (Å²) in [5, 5.41) is 5.39. The topological polar surface area (TPSA) is 85.9 Å². The Labute approximate surface area is 166 Å². The third-order valence-electron chi connectivity index (χ3n) is 3.91. The largest absolute Gasteiger partial charge is 0.573 e. The number of halogens is 3. The Balaban J connectivity index is 1.72. The number of nitrogens with one attached hydrogen (secondary N) is 2. The van der Waals surface area contributed by atoms with Crippen molar-refractivity contribution in [2.24, 2.45) is 0 Å². The van der Waals surface area contributed by atoms with Gasteiger partial charge in [-0.05, 0) is 51.3 Å². The van der Waals surface area contributed by atoms with Crippen LogP contribution in [0, 0.1) is 0 Å². The second kappa shape index (κ2) is 9.34. The zero-order valence-electron chi connectivity index (χ0n) is 16.5. The van der Waals surface area contributed by atoms with Crippen molar-refractivity contribution < 1.29 is 37.0 Å². The van der Waals surface area contributed by atoms with E-state index in [2.05, 4.69) is 15.4 Å². The van der Waals surface area contributed by atoms with Crippen LogP contribution in [0.1, 0.15) is 39.2 Å². The normalized spacial score (nSPS) is 19.9. The highest BCUT2D eigenvalue weighted by molar-refractivity contribution is 5.80. The molecule has 162 valence electrons. The van der Waals surface area contributed by atoms with Crippen LogP contribution in [0.3, 0.4) is 0 Å². The molecule has 0 bridgehead atoms. The molecule has 0 unspecified atom stereocenters. The Kier molecular flexibility index (Phi) is 7.34. The second-order valence-electron chi connectivity index (χ2n) is 7.65. The van der Waals surface area contributed by atoms with E-state index in [9.17, 15) is 22.8 Å². The summed E-state index contributed by atoms with van der Waals surface area (Å²) < 4.78 is 50.9. The lowest BCUT2D eigenvalue weighted by Gasteiger charge is -2.29. The van der Waals surface area contributed by atoms with E-state index in [0.29, 0.717) is 18.4 Å². The molecule has 2 atom stereocenters. The van der Waals surface area contributed by atoms with E-state index in [4.69, 9.17) is 9.47 Å². The number of alkyl carbamates (subject to hydrolysis) is 1. The minimum Gasteiger partial charge on any atom is -0.444 e. The minimum absolute atomic E-state index is 0.143. The molecule has 7 nitrogen and oxygen atoms in total. The van der Waals surface area contributed by atoms with Crippen molar-refractivity contribution in [2.75, 3.05) is 6.61 Å². The molecule has 1 aliphatic heterocycles. The molecule has 0 aromatic heterocycles. The molecule has 0 spiro atoms. The molecular weight excluding hydrogens is 393 g/mol. The molecule has 1 saturated heterocycles. The zero-order valence-corrected chi connectivity index (χ0v) is 16.5. The van der Waals surface area contributed by atoms with Gasteiger partial charge in [-0.1, -0.05) is 12.1 Å². The van der Waals surface area contributed by atoms with E-state index < -0.39 is 24.2 Å². The molecule has 1 fully saturated rings. The molecule has 2 N–H and O–H groups in total. The number of ether oxygens (including phenoxy) is 3. The highest BCUT2D eigenvalue weighted by Crippen LogP contribution is 2.22. The van der Waals surface area contributed by atoms with Gasteiger partial charge in [0.15, 0.2) is 0 Å². The quantitative estimate of drug-likeness (QED) is 0.767. The van der Waals surface area contributed by atoms with Crippen LogP contribution < -0.4 is 15.4 Å². The van der Waals surface area contributed by atoms with Gasteiger partial charge < -0.3 is 24.8 Å². The Morgan fingerprint density at radius 1 is 1.14 bits per heavy atom. The Hall–Kier alpha value is -2.49. The summed E-state index contributed by atoms with van der Waals surface area (Å²) >= 11 is 0. The van der Waals surface area contributed by atoms with Crippen molar-refractivity contribution in [3.8, 4) is 5.75 Å². The molecule has 29 heavy (non-hydrogen) atoms. The maximum Gasteiger partial charge on any atom is 0.573 e. The van der Waals surface area contributed by atoms with Crippen LogP contribution in [-0.4, -0.2) is 42.7 Å². The van der Waals surface area contributed by atoms with Gasteiger partial charge in [0.1, 0.15) is 17.5 Å². The first-order chi connectivity index (χ1) is 13.4. The number of rotatable bonds is 5. The highest BCUT2D eigenvalue weighted by Gasteiger charge is 2.31. The first kappa shape index (κ1) is 22.8. The molecule has 10 heteroatoms. The lowest BCUT2D eigenvalue weighted by atomic mass is 10.0. The van der Waals surface area contributed by atoms with Crippen LogP contribution in [0.25, 0.3) is 0 Å². The fraction of sp³-hybridized carbons (Fsp3) is 0.579. The standard InChI is InChI=1S/C19H25F3N2O5/c1-18(2,3)29-17(26)24-13-6-9-15(27-11-13)16(25)23-10-12-4-7-14(8-5-12)28-19(20,21)22/h4-5,7-8,13,15H,6,9-11H2,1-3H3,(H,23,25)(H,24,26)/t13-,15+/m1/s1. The van der Waals surface area contributed by atoms with Gasteiger partial charge in [0.25, 0.3) is 0 Å². The summed E-state index contributed by atoms with van der Waals surface area (Å²) in [5.74, 6) is -0.650. The van der Waals surface area contributed by atoms with Crippen molar-refractivity contribution in [3.63, 3.8) is 0 Å². The summed E-state index contributed by atoms with van der Waals surface area (Å²) in [5.41, 5.74) is 0.0205. The Morgan fingerprint density at radius 2 is 1.79 bits per heavy atom. The first-order valence-corrected chi connectivity index (χ1v) is 9.15. The lowest BCUT2D eigenvalue weighted by Crippen LogP contribution is -2.48. The van der Waals surface area contributed by atoms with Crippen molar-refractivity contribution in [3.05, 3.63) is 29.8 Å². The predicted octanol–water partition coefficient (Wildman–Crippen LogP) is 3.27. The molecule has 2 rings (SSSR count). The number of alkyl halides is 3. The molecule has 0 saturated carbocycles. The Morgan fingerprint density at radius 3 is 2.31 bits per heavy atom. The van der Waals surface area contributed by atoms with Crippen molar-refractivity contribution in [1.82, 2.24) is 10.6 Å². The number of carbonyl (C=O) groups excluding carboxylic acids is 2. The summed E-state index contributed by atoms with van der Waals surface area (Å²) in [6, 6.07) is 4.99. The fourth-order valence-electron chi connectivity index (χ4n) is 2.66. The molecule has 0 radical (unpaired) electrons. The van der Waals surface area contributed by atoms with Gasteiger partial charge in [-0.15, -0.1) is 13.2 Å². The van der Waals surface area contributed by atoms with Crippen LogP contribution in [-0.2, 0) is 20.8 Å². The van der Waals surface area contributed by atoms with Crippen LogP contribution >= 0.6 is 0 Å². The molecule has 1 heterocycles. The number of hydrogen-bond acceptors (Lipinski definition) is 5. The fourth-order valence-corrected chi connectivity index (χ4v) is 2.66. The van der Waals surface area contributed by atoms with Gasteiger partial charge in [0.05, 0.1) is 12.6 Å². The maximum absolute atomic E-state index is 12.2. The monoisotopic (exact) mass is 418 g/mol. The predicted molar refractivity (Wildman–Crippen MR) is 97.1 cm³/mol. The highest BCUT2D eigenvalue weighted by atomic mass is 19.4. The third-order valence-corrected chi connectivity index (χ3v) is 3.91. The van der Waals surface area contributed by atoms with Crippen molar-refractivity contribution in [2.45, 2.75) is 64.3 Å². The molecular formula is C19H25F3N2O5. The van der Waals surface area contributed by atoms with E-state index >= 15 is 0 Å². The van der Waals surface area contributed by atoms with Crippen molar-refractivity contribution in [1.29, 1.82) is 0 Å². The molecule has 1 aromatic rings. The number of carbonyl (C=O) groups is 2. The summed E-state index contributed by atoms with van der Waals surface area (Å²) in [4.78, 5) is 24.0. The van der Waals surface area contributed by atoms with E-state index in [1.165, 1.54) is 24.3 Å². The lowest BCUT2D eigenvalue weighted by molar-refractivity contribution is -0.274. The molecule has 1 aliphatic rings.